The van der Waals surface area contributed by atoms with E-state index in [1.165, 1.54) is 25.9 Å². The molecule has 1 N–H and O–H groups in total. The fraction of sp³-hybridized carbons (Fsp3) is 0.600. The average molecular weight is 279 g/mol. The molecule has 5 heteroatoms. The van der Waals surface area contributed by atoms with E-state index in [4.69, 9.17) is 4.74 Å². The second-order valence-corrected chi connectivity index (χ2v) is 5.78. The summed E-state index contributed by atoms with van der Waals surface area (Å²) < 4.78 is 5.63. The van der Waals surface area contributed by atoms with Gasteiger partial charge in [0.1, 0.15) is 13.2 Å². The number of nitrogens with zero attached hydrogens (tertiary/aromatic N) is 1. The molecule has 0 saturated carbocycles. The first-order chi connectivity index (χ1) is 9.56. The molecule has 1 aliphatic heterocycles. The predicted molar refractivity (Wildman–Crippen MR) is 77.3 cm³/mol. The van der Waals surface area contributed by atoms with Crippen molar-refractivity contribution in [2.24, 2.45) is 5.92 Å². The van der Waals surface area contributed by atoms with Crippen LogP contribution in [0.15, 0.2) is 18.2 Å². The lowest BCUT2D eigenvalue weighted by Crippen LogP contribution is -3.14. The number of ether oxygens (including phenoxy) is 1. The molecule has 0 amide bonds. The maximum Gasteiger partial charge on any atom is 0.311 e. The molecule has 1 unspecified atom stereocenters. The highest BCUT2D eigenvalue weighted by molar-refractivity contribution is 5.48. The monoisotopic (exact) mass is 279 g/mol. The maximum absolute atomic E-state index is 11.0. The Labute approximate surface area is 119 Å². The first kappa shape index (κ1) is 14.8. The Hall–Kier alpha value is -1.62. The minimum atomic E-state index is -0.377. The molecular formula is C15H23N2O3+. The molecule has 1 fully saturated rings. The number of piperidine rings is 1. The molecule has 1 aromatic carbocycles. The predicted octanol–water partition coefficient (Wildman–Crippen LogP) is 1.60. The zero-order valence-corrected chi connectivity index (χ0v) is 12.2. The van der Waals surface area contributed by atoms with Gasteiger partial charge >= 0.3 is 5.69 Å². The van der Waals surface area contributed by atoms with Crippen LogP contribution in [0.1, 0.15) is 25.3 Å². The molecule has 1 aliphatic rings. The topological polar surface area (TPSA) is 56.8 Å². The molecular weight excluding hydrogens is 256 g/mol. The van der Waals surface area contributed by atoms with Crippen molar-refractivity contribution in [2.75, 3.05) is 26.2 Å². The molecule has 5 nitrogen and oxygen atoms in total. The van der Waals surface area contributed by atoms with Crippen LogP contribution in [0.5, 0.6) is 5.75 Å². The lowest BCUT2D eigenvalue weighted by Gasteiger charge is -2.27. The smallest absolute Gasteiger partial charge is 0.311 e. The van der Waals surface area contributed by atoms with E-state index in [-0.39, 0.29) is 10.6 Å². The summed E-state index contributed by atoms with van der Waals surface area (Å²) in [5.74, 6) is 1.15. The van der Waals surface area contributed by atoms with Gasteiger partial charge in [0.2, 0.25) is 0 Å². The summed E-state index contributed by atoms with van der Waals surface area (Å²) in [5, 5.41) is 11.0. The first-order valence-corrected chi connectivity index (χ1v) is 7.27. The van der Waals surface area contributed by atoms with Gasteiger partial charge in [-0.25, -0.2) is 0 Å². The molecule has 2 rings (SSSR count). The van der Waals surface area contributed by atoms with Gasteiger partial charge < -0.3 is 9.64 Å². The van der Waals surface area contributed by atoms with Crippen LogP contribution >= 0.6 is 0 Å². The summed E-state index contributed by atoms with van der Waals surface area (Å²) in [6.45, 7) is 7.94. The number of nitrogens with one attached hydrogen (secondary N) is 1. The van der Waals surface area contributed by atoms with Crippen molar-refractivity contribution < 1.29 is 14.6 Å². The van der Waals surface area contributed by atoms with E-state index < -0.39 is 0 Å². The maximum atomic E-state index is 11.0. The minimum Gasteiger partial charge on any atom is -0.481 e. The van der Waals surface area contributed by atoms with Crippen LogP contribution in [-0.4, -0.2) is 31.2 Å². The van der Waals surface area contributed by atoms with Gasteiger partial charge in [-0.1, -0.05) is 13.0 Å². The molecule has 1 aromatic rings. The second kappa shape index (κ2) is 6.70. The largest absolute Gasteiger partial charge is 0.481 e. The van der Waals surface area contributed by atoms with Crippen LogP contribution in [0.25, 0.3) is 0 Å². The highest BCUT2D eigenvalue weighted by Gasteiger charge is 2.20. The summed E-state index contributed by atoms with van der Waals surface area (Å²) in [6, 6.07) is 5.10. The number of hydrogen-bond donors (Lipinski definition) is 1. The Bertz CT molecular complexity index is 476. The van der Waals surface area contributed by atoms with Crippen LogP contribution in [0.2, 0.25) is 0 Å². The number of likely N-dealkylation sites (tertiary alicyclic amines) is 1. The zero-order valence-electron chi connectivity index (χ0n) is 12.2. The highest BCUT2D eigenvalue weighted by atomic mass is 16.6. The van der Waals surface area contributed by atoms with Crippen molar-refractivity contribution in [3.8, 4) is 5.75 Å². The Morgan fingerprint density at radius 1 is 1.50 bits per heavy atom. The molecule has 110 valence electrons. The lowest BCUT2D eigenvalue weighted by molar-refractivity contribution is -0.908. The van der Waals surface area contributed by atoms with E-state index in [1.807, 2.05) is 13.0 Å². The first-order valence-electron chi connectivity index (χ1n) is 7.27. The number of hydrogen-bond acceptors (Lipinski definition) is 3. The number of benzene rings is 1. The van der Waals surface area contributed by atoms with Crippen LogP contribution in [0.3, 0.4) is 0 Å². The number of nitro groups is 1. The molecule has 2 atom stereocenters. The third kappa shape index (κ3) is 3.93. The third-order valence-corrected chi connectivity index (χ3v) is 3.89. The highest BCUT2D eigenvalue weighted by Crippen LogP contribution is 2.27. The van der Waals surface area contributed by atoms with Gasteiger partial charge in [0.15, 0.2) is 5.75 Å². The van der Waals surface area contributed by atoms with E-state index in [2.05, 4.69) is 6.92 Å². The summed E-state index contributed by atoms with van der Waals surface area (Å²) >= 11 is 0. The zero-order chi connectivity index (χ0) is 14.5. The molecule has 0 spiro atoms. The summed E-state index contributed by atoms with van der Waals surface area (Å²) in [6.07, 6.45) is 2.58. The van der Waals surface area contributed by atoms with Gasteiger partial charge in [-0.15, -0.1) is 0 Å². The quantitative estimate of drug-likeness (QED) is 0.658. The summed E-state index contributed by atoms with van der Waals surface area (Å²) in [5.41, 5.74) is 0.937. The SMILES string of the molecule is Cc1ccc(OCC[NH+]2CCC[C@@H](C)C2)c([N+](=O)[O-])c1. The average Bonchev–Trinajstić information content (AvgIpc) is 2.40. The Morgan fingerprint density at radius 2 is 2.30 bits per heavy atom. The normalized spacial score (nSPS) is 22.5. The van der Waals surface area contributed by atoms with Crippen molar-refractivity contribution in [3.63, 3.8) is 0 Å². The molecule has 20 heavy (non-hydrogen) atoms. The van der Waals surface area contributed by atoms with Crippen LogP contribution < -0.4 is 9.64 Å². The van der Waals surface area contributed by atoms with Crippen molar-refractivity contribution in [3.05, 3.63) is 33.9 Å². The third-order valence-electron chi connectivity index (χ3n) is 3.89. The van der Waals surface area contributed by atoms with Gasteiger partial charge in [-0.3, -0.25) is 10.1 Å². The van der Waals surface area contributed by atoms with Crippen molar-refractivity contribution in [1.82, 2.24) is 0 Å². The molecule has 0 radical (unpaired) electrons. The van der Waals surface area contributed by atoms with Gasteiger partial charge in [0.25, 0.3) is 0 Å². The number of rotatable bonds is 5. The van der Waals surface area contributed by atoms with Crippen molar-refractivity contribution in [2.45, 2.75) is 26.7 Å². The number of aryl methyl sites for hydroxylation is 1. The van der Waals surface area contributed by atoms with Gasteiger partial charge in [0.05, 0.1) is 18.0 Å². The number of nitro benzene ring substituents is 1. The Morgan fingerprint density at radius 3 is 3.00 bits per heavy atom. The van der Waals surface area contributed by atoms with Crippen molar-refractivity contribution in [1.29, 1.82) is 0 Å². The second-order valence-electron chi connectivity index (χ2n) is 5.78. The number of quaternary nitrogens is 1. The Balaban J connectivity index is 1.89. The summed E-state index contributed by atoms with van der Waals surface area (Å²) in [4.78, 5) is 12.2. The van der Waals surface area contributed by atoms with Gasteiger partial charge in [0, 0.05) is 12.0 Å². The molecule has 0 aliphatic carbocycles. The molecule has 1 heterocycles. The van der Waals surface area contributed by atoms with Crippen LogP contribution in [0, 0.1) is 23.0 Å². The fourth-order valence-corrected chi connectivity index (χ4v) is 2.82. The Kier molecular flexibility index (Phi) is 4.95. The van der Waals surface area contributed by atoms with E-state index >= 15 is 0 Å². The van der Waals surface area contributed by atoms with Gasteiger partial charge in [-0.05, 0) is 31.4 Å². The van der Waals surface area contributed by atoms with E-state index in [9.17, 15) is 10.1 Å². The lowest BCUT2D eigenvalue weighted by atomic mass is 10.0. The molecule has 1 saturated heterocycles. The molecule has 0 bridgehead atoms. The van der Waals surface area contributed by atoms with Gasteiger partial charge in [-0.2, -0.15) is 0 Å². The van der Waals surface area contributed by atoms with Crippen LogP contribution in [-0.2, 0) is 0 Å². The van der Waals surface area contributed by atoms with E-state index in [1.54, 1.807) is 17.0 Å². The standard InChI is InChI=1S/C15H22N2O3/c1-12-5-6-15(14(10-12)17(18)19)20-9-8-16-7-3-4-13(2)11-16/h5-6,10,13H,3-4,7-9,11H2,1-2H3/p+1/t13-/m1/s1. The molecule has 0 aromatic heterocycles. The van der Waals surface area contributed by atoms with E-state index in [0.29, 0.717) is 12.4 Å². The van der Waals surface area contributed by atoms with Crippen LogP contribution in [0.4, 0.5) is 5.69 Å². The minimum absolute atomic E-state index is 0.0620. The fourth-order valence-electron chi connectivity index (χ4n) is 2.82. The van der Waals surface area contributed by atoms with Crippen molar-refractivity contribution >= 4 is 5.69 Å². The summed E-state index contributed by atoms with van der Waals surface area (Å²) in [7, 11) is 0. The van der Waals surface area contributed by atoms with E-state index in [0.717, 1.165) is 18.0 Å².